The van der Waals surface area contributed by atoms with Gasteiger partial charge in [-0.1, -0.05) is 18.2 Å². The zero-order valence-electron chi connectivity index (χ0n) is 17.9. The van der Waals surface area contributed by atoms with Crippen LogP contribution in [0, 0.1) is 0 Å². The van der Waals surface area contributed by atoms with Crippen LogP contribution >= 0.6 is 0 Å². The van der Waals surface area contributed by atoms with Crippen molar-refractivity contribution in [1.29, 1.82) is 0 Å². The lowest BCUT2D eigenvalue weighted by atomic mass is 10.1. The summed E-state index contributed by atoms with van der Waals surface area (Å²) < 4.78 is 13.8. The Bertz CT molecular complexity index is 793. The van der Waals surface area contributed by atoms with Gasteiger partial charge in [0, 0.05) is 32.9 Å². The highest BCUT2D eigenvalue weighted by atomic mass is 16.5. The average molecular weight is 412 g/mol. The SMILES string of the molecule is CN=C(NCc1ccn(-c2ccccc2)n1)N1CCC(OCC2CCCCO2)CC1. The number of nitrogens with one attached hydrogen (secondary N) is 1. The molecule has 2 fully saturated rings. The first kappa shape index (κ1) is 20.9. The monoisotopic (exact) mass is 411 g/mol. The van der Waals surface area contributed by atoms with E-state index in [-0.39, 0.29) is 0 Å². The second-order valence-electron chi connectivity index (χ2n) is 8.00. The molecule has 2 saturated heterocycles. The fourth-order valence-electron chi connectivity index (χ4n) is 4.10. The van der Waals surface area contributed by atoms with Crippen molar-refractivity contribution in [3.8, 4) is 5.69 Å². The maximum atomic E-state index is 6.13. The molecule has 1 unspecified atom stereocenters. The molecule has 0 aliphatic carbocycles. The molecule has 4 rings (SSSR count). The average Bonchev–Trinajstić information content (AvgIpc) is 3.29. The molecule has 0 radical (unpaired) electrons. The number of aromatic nitrogens is 2. The summed E-state index contributed by atoms with van der Waals surface area (Å²) in [6.45, 7) is 4.18. The van der Waals surface area contributed by atoms with Crippen LogP contribution in [0.1, 0.15) is 37.8 Å². The van der Waals surface area contributed by atoms with Crippen molar-refractivity contribution in [3.63, 3.8) is 0 Å². The molecule has 2 aromatic rings. The van der Waals surface area contributed by atoms with Gasteiger partial charge in [0.15, 0.2) is 5.96 Å². The van der Waals surface area contributed by atoms with E-state index in [1.165, 1.54) is 12.8 Å². The quantitative estimate of drug-likeness (QED) is 0.585. The Hall–Kier alpha value is -2.38. The Labute approximate surface area is 179 Å². The fourth-order valence-corrected chi connectivity index (χ4v) is 4.10. The van der Waals surface area contributed by atoms with Crippen molar-refractivity contribution >= 4 is 5.96 Å². The minimum absolute atomic E-state index is 0.293. The predicted octanol–water partition coefficient (Wildman–Crippen LogP) is 3.00. The number of ether oxygens (including phenoxy) is 2. The van der Waals surface area contributed by atoms with Crippen LogP contribution in [0.3, 0.4) is 0 Å². The minimum Gasteiger partial charge on any atom is -0.376 e. The molecule has 1 atom stereocenters. The predicted molar refractivity (Wildman–Crippen MR) is 118 cm³/mol. The van der Waals surface area contributed by atoms with Crippen molar-refractivity contribution in [3.05, 3.63) is 48.3 Å². The topological polar surface area (TPSA) is 63.9 Å². The van der Waals surface area contributed by atoms with E-state index < -0.39 is 0 Å². The summed E-state index contributed by atoms with van der Waals surface area (Å²) in [6.07, 6.45) is 8.24. The lowest BCUT2D eigenvalue weighted by Gasteiger charge is -2.35. The molecule has 1 aromatic carbocycles. The van der Waals surface area contributed by atoms with E-state index in [2.05, 4.69) is 32.4 Å². The Balaban J connectivity index is 1.21. The van der Waals surface area contributed by atoms with Crippen molar-refractivity contribution in [2.24, 2.45) is 4.99 Å². The van der Waals surface area contributed by atoms with E-state index in [0.29, 0.717) is 18.8 Å². The molecule has 0 saturated carbocycles. The van der Waals surface area contributed by atoms with Crippen molar-refractivity contribution in [2.75, 3.05) is 33.4 Å². The Morgan fingerprint density at radius 3 is 2.73 bits per heavy atom. The second kappa shape index (κ2) is 10.6. The van der Waals surface area contributed by atoms with E-state index in [0.717, 1.165) is 62.9 Å². The summed E-state index contributed by atoms with van der Waals surface area (Å²) in [5.41, 5.74) is 2.06. The van der Waals surface area contributed by atoms with Crippen LogP contribution in [-0.4, -0.2) is 66.2 Å². The minimum atomic E-state index is 0.293. The molecule has 30 heavy (non-hydrogen) atoms. The van der Waals surface area contributed by atoms with Gasteiger partial charge < -0.3 is 19.7 Å². The summed E-state index contributed by atoms with van der Waals surface area (Å²) in [4.78, 5) is 6.78. The van der Waals surface area contributed by atoms with Crippen LogP contribution in [0.5, 0.6) is 0 Å². The number of piperidine rings is 1. The molecule has 7 heteroatoms. The fraction of sp³-hybridized carbons (Fsp3) is 0.565. The number of likely N-dealkylation sites (tertiary alicyclic amines) is 1. The number of hydrogen-bond acceptors (Lipinski definition) is 4. The van der Waals surface area contributed by atoms with E-state index >= 15 is 0 Å². The van der Waals surface area contributed by atoms with Crippen molar-refractivity contribution < 1.29 is 9.47 Å². The molecular formula is C23H33N5O2. The zero-order valence-corrected chi connectivity index (χ0v) is 17.9. The van der Waals surface area contributed by atoms with Crippen LogP contribution in [0.15, 0.2) is 47.6 Å². The summed E-state index contributed by atoms with van der Waals surface area (Å²) in [5, 5.41) is 8.12. The number of benzene rings is 1. The first-order valence-electron chi connectivity index (χ1n) is 11.1. The van der Waals surface area contributed by atoms with Gasteiger partial charge in [0.05, 0.1) is 36.7 Å². The Kier molecular flexibility index (Phi) is 7.37. The zero-order chi connectivity index (χ0) is 20.6. The molecule has 0 amide bonds. The highest BCUT2D eigenvalue weighted by Gasteiger charge is 2.23. The summed E-state index contributed by atoms with van der Waals surface area (Å²) in [7, 11) is 1.84. The summed E-state index contributed by atoms with van der Waals surface area (Å²) in [5.74, 6) is 0.929. The maximum absolute atomic E-state index is 6.13. The van der Waals surface area contributed by atoms with Gasteiger partial charge in [0.2, 0.25) is 0 Å². The first-order chi connectivity index (χ1) is 14.8. The lowest BCUT2D eigenvalue weighted by Crippen LogP contribution is -2.47. The summed E-state index contributed by atoms with van der Waals surface area (Å²) >= 11 is 0. The standard InChI is InChI=1S/C23H33N5O2/c1-24-23(25-17-19-10-15-28(26-19)20-7-3-2-4-8-20)27-13-11-21(12-14-27)30-18-22-9-5-6-16-29-22/h2-4,7-8,10,15,21-22H,5-6,9,11-14,16-18H2,1H3,(H,24,25). The molecule has 3 heterocycles. The van der Waals surface area contributed by atoms with Gasteiger partial charge in [-0.05, 0) is 50.3 Å². The molecule has 1 N–H and O–H groups in total. The number of aliphatic imine (C=N–C) groups is 1. The van der Waals surface area contributed by atoms with Gasteiger partial charge >= 0.3 is 0 Å². The van der Waals surface area contributed by atoms with Gasteiger partial charge in [-0.2, -0.15) is 5.10 Å². The van der Waals surface area contributed by atoms with Gasteiger partial charge in [0.1, 0.15) is 0 Å². The van der Waals surface area contributed by atoms with Crippen LogP contribution in [0.2, 0.25) is 0 Å². The molecule has 0 bridgehead atoms. The smallest absolute Gasteiger partial charge is 0.193 e. The van der Waals surface area contributed by atoms with Gasteiger partial charge in [-0.3, -0.25) is 4.99 Å². The van der Waals surface area contributed by atoms with Gasteiger partial charge in [-0.15, -0.1) is 0 Å². The highest BCUT2D eigenvalue weighted by molar-refractivity contribution is 5.79. The third kappa shape index (κ3) is 5.61. The Morgan fingerprint density at radius 2 is 2.00 bits per heavy atom. The third-order valence-electron chi connectivity index (χ3n) is 5.84. The van der Waals surface area contributed by atoms with Crippen LogP contribution in [0.25, 0.3) is 5.69 Å². The largest absolute Gasteiger partial charge is 0.376 e. The second-order valence-corrected chi connectivity index (χ2v) is 8.00. The molecule has 2 aliphatic rings. The van der Waals surface area contributed by atoms with Gasteiger partial charge in [-0.25, -0.2) is 4.68 Å². The van der Waals surface area contributed by atoms with Crippen molar-refractivity contribution in [1.82, 2.24) is 20.0 Å². The van der Waals surface area contributed by atoms with E-state index in [1.807, 2.05) is 42.2 Å². The molecular weight excluding hydrogens is 378 g/mol. The number of rotatable bonds is 6. The van der Waals surface area contributed by atoms with Crippen LogP contribution in [-0.2, 0) is 16.0 Å². The molecule has 1 aromatic heterocycles. The van der Waals surface area contributed by atoms with E-state index in [4.69, 9.17) is 9.47 Å². The van der Waals surface area contributed by atoms with Crippen LogP contribution in [0.4, 0.5) is 0 Å². The molecule has 162 valence electrons. The number of hydrogen-bond donors (Lipinski definition) is 1. The van der Waals surface area contributed by atoms with Crippen LogP contribution < -0.4 is 5.32 Å². The summed E-state index contributed by atoms with van der Waals surface area (Å²) in [6, 6.07) is 12.2. The van der Waals surface area contributed by atoms with E-state index in [1.54, 1.807) is 0 Å². The molecule has 0 spiro atoms. The first-order valence-corrected chi connectivity index (χ1v) is 11.1. The number of guanidine groups is 1. The molecule has 7 nitrogen and oxygen atoms in total. The van der Waals surface area contributed by atoms with E-state index in [9.17, 15) is 0 Å². The molecule has 2 aliphatic heterocycles. The van der Waals surface area contributed by atoms with Gasteiger partial charge in [0.25, 0.3) is 0 Å². The number of para-hydroxylation sites is 1. The Morgan fingerprint density at radius 1 is 1.17 bits per heavy atom. The highest BCUT2D eigenvalue weighted by Crippen LogP contribution is 2.18. The number of nitrogens with zero attached hydrogens (tertiary/aromatic N) is 4. The lowest BCUT2D eigenvalue weighted by molar-refractivity contribution is -0.0721. The van der Waals surface area contributed by atoms with Crippen molar-refractivity contribution in [2.45, 2.75) is 50.9 Å². The normalized spacial score (nSPS) is 21.0. The third-order valence-corrected chi connectivity index (χ3v) is 5.84. The maximum Gasteiger partial charge on any atom is 0.193 e.